The molecule has 2 atom stereocenters. The maximum atomic E-state index is 13.6. The van der Waals surface area contributed by atoms with Crippen molar-refractivity contribution in [3.8, 4) is 5.75 Å². The summed E-state index contributed by atoms with van der Waals surface area (Å²) in [7, 11) is -1.93. The second-order valence-corrected chi connectivity index (χ2v) is 12.0. The largest absolute Gasteiger partial charge is 0.494 e. The normalized spacial score (nSPS) is 23.9. The monoisotopic (exact) mass is 555 g/mol. The Morgan fingerprint density at radius 2 is 1.89 bits per heavy atom. The van der Waals surface area contributed by atoms with Gasteiger partial charge in [-0.25, -0.2) is 8.42 Å². The molecule has 0 aliphatic carbocycles. The van der Waals surface area contributed by atoms with Crippen LogP contribution >= 0.6 is 11.6 Å². The number of likely N-dealkylation sites (N-methyl/N-ethyl adjacent to an activating group) is 1. The summed E-state index contributed by atoms with van der Waals surface area (Å²) in [5.74, 6) is 0.325. The first kappa shape index (κ1) is 28.1. The van der Waals surface area contributed by atoms with Gasteiger partial charge in [-0.15, -0.1) is 0 Å². The zero-order valence-electron chi connectivity index (χ0n) is 21.8. The van der Waals surface area contributed by atoms with E-state index in [-0.39, 0.29) is 17.4 Å². The molecule has 0 radical (unpaired) electrons. The van der Waals surface area contributed by atoms with Crippen molar-refractivity contribution in [2.24, 2.45) is 0 Å². The standard InChI is InChI=1S/C25H38ClN5O5S/c1-4-9-30-17-20-22(27-24(33)23(20)28(3)25(30)26)19-16-18(7-8-21(19)36-5-2)37(34,35)31-13-11-29(12-14-31)10-6-15-32/h7-8,16,22,25,32H,4-6,9-15,17H2,1-3H3,(H,27,33). The summed E-state index contributed by atoms with van der Waals surface area (Å²) in [4.78, 5) is 19.3. The lowest BCUT2D eigenvalue weighted by atomic mass is 9.97. The fraction of sp³-hybridized carbons (Fsp3) is 0.640. The molecule has 1 saturated heterocycles. The zero-order chi connectivity index (χ0) is 26.7. The van der Waals surface area contributed by atoms with E-state index in [0.29, 0.717) is 62.8 Å². The molecule has 3 aliphatic rings. The number of hydrogen-bond donors (Lipinski definition) is 2. The van der Waals surface area contributed by atoms with Crippen LogP contribution in [0.25, 0.3) is 0 Å². The Hall–Kier alpha value is -1.89. The third-order valence-electron chi connectivity index (χ3n) is 7.19. The number of halogens is 1. The van der Waals surface area contributed by atoms with Crippen molar-refractivity contribution in [1.29, 1.82) is 0 Å². The molecule has 206 valence electrons. The Kier molecular flexibility index (Phi) is 9.03. The number of aliphatic hydroxyl groups excluding tert-OH is 1. The zero-order valence-corrected chi connectivity index (χ0v) is 23.4. The number of rotatable bonds is 10. The molecule has 10 nitrogen and oxygen atoms in total. The van der Waals surface area contributed by atoms with Crippen LogP contribution in [-0.2, 0) is 14.8 Å². The van der Waals surface area contributed by atoms with Crippen molar-refractivity contribution in [2.45, 2.75) is 43.3 Å². The van der Waals surface area contributed by atoms with Crippen LogP contribution in [0.2, 0.25) is 0 Å². The van der Waals surface area contributed by atoms with E-state index in [1.54, 1.807) is 30.1 Å². The molecule has 1 aromatic rings. The molecular formula is C25H38ClN5O5S. The van der Waals surface area contributed by atoms with Crippen LogP contribution in [0.1, 0.15) is 38.3 Å². The van der Waals surface area contributed by atoms with E-state index in [1.165, 1.54) is 4.31 Å². The predicted octanol–water partition coefficient (Wildman–Crippen LogP) is 1.38. The lowest BCUT2D eigenvalue weighted by molar-refractivity contribution is -0.118. The van der Waals surface area contributed by atoms with Crippen molar-refractivity contribution in [1.82, 2.24) is 24.3 Å². The number of benzene rings is 1. The van der Waals surface area contributed by atoms with Gasteiger partial charge in [-0.05, 0) is 43.5 Å². The molecule has 2 N–H and O–H groups in total. The van der Waals surface area contributed by atoms with Crippen LogP contribution in [0.15, 0.2) is 34.4 Å². The molecule has 1 fully saturated rings. The fourth-order valence-electron chi connectivity index (χ4n) is 5.34. The predicted molar refractivity (Wildman–Crippen MR) is 142 cm³/mol. The molecule has 0 bridgehead atoms. The summed E-state index contributed by atoms with van der Waals surface area (Å²) in [6.45, 7) is 8.54. The summed E-state index contributed by atoms with van der Waals surface area (Å²) in [6, 6.07) is 4.41. The minimum atomic E-state index is -3.74. The lowest BCUT2D eigenvalue weighted by Crippen LogP contribution is -2.49. The highest BCUT2D eigenvalue weighted by atomic mass is 35.5. The first-order valence-electron chi connectivity index (χ1n) is 13.0. The first-order chi connectivity index (χ1) is 17.7. The number of carbonyl (C=O) groups is 1. The number of nitrogens with zero attached hydrogens (tertiary/aromatic N) is 4. The van der Waals surface area contributed by atoms with Crippen molar-refractivity contribution in [3.63, 3.8) is 0 Å². The number of nitrogens with one attached hydrogen (secondary N) is 1. The number of aliphatic hydroxyl groups is 1. The SMILES string of the molecule is CCCN1CC2=C(C(=O)NC2c2cc(S(=O)(=O)N3CCN(CCCO)CC3)ccc2OCC)N(C)C1Cl. The molecule has 37 heavy (non-hydrogen) atoms. The number of alkyl halides is 1. The van der Waals surface area contributed by atoms with Gasteiger partial charge in [0.25, 0.3) is 5.91 Å². The number of sulfonamides is 1. The van der Waals surface area contributed by atoms with Gasteiger partial charge in [0, 0.05) is 65.0 Å². The Bertz CT molecular complexity index is 1120. The molecule has 1 aromatic carbocycles. The van der Waals surface area contributed by atoms with E-state index in [1.807, 2.05) is 6.92 Å². The van der Waals surface area contributed by atoms with Gasteiger partial charge in [0.2, 0.25) is 10.0 Å². The molecule has 12 heteroatoms. The maximum Gasteiger partial charge on any atom is 0.268 e. The molecule has 0 aromatic heterocycles. The Balaban J connectivity index is 1.66. The van der Waals surface area contributed by atoms with Crippen LogP contribution in [0, 0.1) is 0 Å². The molecular weight excluding hydrogens is 518 g/mol. The molecule has 2 unspecified atom stereocenters. The third kappa shape index (κ3) is 5.62. The number of amides is 1. The summed E-state index contributed by atoms with van der Waals surface area (Å²) in [5, 5.41) is 12.1. The van der Waals surface area contributed by atoms with Gasteiger partial charge in [0.05, 0.1) is 17.5 Å². The highest BCUT2D eigenvalue weighted by molar-refractivity contribution is 7.89. The average Bonchev–Trinajstić information content (AvgIpc) is 3.22. The smallest absolute Gasteiger partial charge is 0.268 e. The average molecular weight is 556 g/mol. The molecule has 0 spiro atoms. The number of piperazine rings is 1. The lowest BCUT2D eigenvalue weighted by Gasteiger charge is -2.40. The Morgan fingerprint density at radius 1 is 1.16 bits per heavy atom. The maximum absolute atomic E-state index is 13.6. The minimum Gasteiger partial charge on any atom is -0.494 e. The second-order valence-electron chi connectivity index (χ2n) is 9.63. The van der Waals surface area contributed by atoms with E-state index in [4.69, 9.17) is 21.4 Å². The molecule has 3 aliphatic heterocycles. The van der Waals surface area contributed by atoms with Crippen LogP contribution in [-0.4, -0.2) is 110 Å². The quantitative estimate of drug-likeness (QED) is 0.329. The van der Waals surface area contributed by atoms with Gasteiger partial charge < -0.3 is 25.0 Å². The minimum absolute atomic E-state index is 0.126. The van der Waals surface area contributed by atoms with E-state index < -0.39 is 21.7 Å². The summed E-state index contributed by atoms with van der Waals surface area (Å²) in [5.41, 5.74) is 1.59. The van der Waals surface area contributed by atoms with E-state index in [2.05, 4.69) is 22.0 Å². The van der Waals surface area contributed by atoms with Gasteiger partial charge in [0.1, 0.15) is 11.4 Å². The van der Waals surface area contributed by atoms with Crippen LogP contribution < -0.4 is 10.1 Å². The van der Waals surface area contributed by atoms with Gasteiger partial charge >= 0.3 is 0 Å². The highest BCUT2D eigenvalue weighted by Gasteiger charge is 2.43. The van der Waals surface area contributed by atoms with Gasteiger partial charge in [-0.3, -0.25) is 9.69 Å². The van der Waals surface area contributed by atoms with E-state index in [9.17, 15) is 13.2 Å². The highest BCUT2D eigenvalue weighted by Crippen LogP contribution is 2.41. The number of hydrogen-bond acceptors (Lipinski definition) is 8. The van der Waals surface area contributed by atoms with Crippen molar-refractivity contribution in [2.75, 3.05) is 66.1 Å². The van der Waals surface area contributed by atoms with E-state index >= 15 is 0 Å². The van der Waals surface area contributed by atoms with Crippen molar-refractivity contribution in [3.05, 3.63) is 35.0 Å². The summed E-state index contributed by atoms with van der Waals surface area (Å²) in [6.07, 6.45) is 1.59. The van der Waals surface area contributed by atoms with Crippen LogP contribution in [0.3, 0.4) is 0 Å². The van der Waals surface area contributed by atoms with Crippen molar-refractivity contribution >= 4 is 27.5 Å². The molecule has 0 saturated carbocycles. The topological polar surface area (TPSA) is 106 Å². The summed E-state index contributed by atoms with van der Waals surface area (Å²) >= 11 is 6.64. The summed E-state index contributed by atoms with van der Waals surface area (Å²) < 4.78 is 34.6. The second kappa shape index (κ2) is 11.9. The fourth-order valence-corrected chi connectivity index (χ4v) is 7.06. The molecule has 3 heterocycles. The number of ether oxygens (including phenoxy) is 1. The van der Waals surface area contributed by atoms with Crippen LogP contribution in [0.5, 0.6) is 5.75 Å². The molecule has 4 rings (SSSR count). The van der Waals surface area contributed by atoms with Crippen molar-refractivity contribution < 1.29 is 23.1 Å². The third-order valence-corrected chi connectivity index (χ3v) is 9.66. The Morgan fingerprint density at radius 3 is 2.54 bits per heavy atom. The Labute approximate surface area is 224 Å². The van der Waals surface area contributed by atoms with Crippen LogP contribution in [0.4, 0.5) is 0 Å². The van der Waals surface area contributed by atoms with Gasteiger partial charge in [-0.2, -0.15) is 4.31 Å². The number of carbonyl (C=O) groups excluding carboxylic acids is 1. The molecule has 1 amide bonds. The van der Waals surface area contributed by atoms with Gasteiger partial charge in [-0.1, -0.05) is 18.5 Å². The van der Waals surface area contributed by atoms with Gasteiger partial charge in [0.15, 0.2) is 5.62 Å². The first-order valence-corrected chi connectivity index (χ1v) is 14.9. The van der Waals surface area contributed by atoms with E-state index in [0.717, 1.165) is 25.1 Å².